The van der Waals surface area contributed by atoms with Crippen LogP contribution in [-0.4, -0.2) is 56.3 Å². The molecule has 3 N–H and O–H groups in total. The highest BCUT2D eigenvalue weighted by atomic mass is 19.3. The predicted octanol–water partition coefficient (Wildman–Crippen LogP) is 1.91. The fourth-order valence-corrected chi connectivity index (χ4v) is 2.86. The van der Waals surface area contributed by atoms with Crippen LogP contribution in [0.2, 0.25) is 0 Å². The summed E-state index contributed by atoms with van der Waals surface area (Å²) in [6, 6.07) is 0. The van der Waals surface area contributed by atoms with Crippen molar-refractivity contribution in [1.29, 1.82) is 5.41 Å². The Balaban J connectivity index is 2.11. The molecule has 27 heavy (non-hydrogen) atoms. The second-order valence-electron chi connectivity index (χ2n) is 7.77. The average molecular weight is 380 g/mol. The zero-order chi connectivity index (χ0) is 20.0. The Morgan fingerprint density at radius 2 is 2.11 bits per heavy atom. The van der Waals surface area contributed by atoms with Crippen molar-refractivity contribution in [2.45, 2.75) is 45.1 Å². The molecule has 1 fully saturated rings. The van der Waals surface area contributed by atoms with Crippen molar-refractivity contribution in [2.24, 2.45) is 11.1 Å². The van der Waals surface area contributed by atoms with Gasteiger partial charge in [-0.2, -0.15) is 10.5 Å². The summed E-state index contributed by atoms with van der Waals surface area (Å²) in [6.07, 6.45) is 1.35. The molecule has 0 aliphatic carbocycles. The van der Waals surface area contributed by atoms with E-state index in [0.29, 0.717) is 22.7 Å². The van der Waals surface area contributed by atoms with E-state index >= 15 is 0 Å². The van der Waals surface area contributed by atoms with Crippen molar-refractivity contribution in [2.75, 3.05) is 25.0 Å². The third-order valence-electron chi connectivity index (χ3n) is 4.48. The first kappa shape index (κ1) is 19.1. The molecule has 1 saturated heterocycles. The fraction of sp³-hybridized carbons (Fsp3) is 0.625. The van der Waals surface area contributed by atoms with Gasteiger partial charge in [0, 0.05) is 23.6 Å². The van der Waals surface area contributed by atoms with Gasteiger partial charge in [0.1, 0.15) is 18.2 Å². The van der Waals surface area contributed by atoms with Crippen LogP contribution in [0.1, 0.15) is 33.0 Å². The lowest BCUT2D eigenvalue weighted by molar-refractivity contribution is -0.456. The second kappa shape index (κ2) is 6.46. The molecule has 2 aromatic rings. The quantitative estimate of drug-likeness (QED) is 0.211. The van der Waals surface area contributed by atoms with Crippen molar-refractivity contribution >= 4 is 22.7 Å². The topological polar surface area (TPSA) is 112 Å². The number of anilines is 1. The number of alkyl halides is 2. The zero-order valence-corrected chi connectivity index (χ0v) is 15.9. The molecule has 146 valence electrons. The van der Waals surface area contributed by atoms with E-state index in [2.05, 4.69) is 20.3 Å². The number of hydrogen-bond acceptors (Lipinski definition) is 6. The van der Waals surface area contributed by atoms with Gasteiger partial charge in [0.05, 0.1) is 25.2 Å². The minimum absolute atomic E-state index is 0.0941. The molecule has 11 heteroatoms. The van der Waals surface area contributed by atoms with Gasteiger partial charge in [0.2, 0.25) is 0 Å². The van der Waals surface area contributed by atoms with Crippen molar-refractivity contribution in [3.63, 3.8) is 0 Å². The molecule has 0 saturated carbocycles. The summed E-state index contributed by atoms with van der Waals surface area (Å²) in [6.45, 7) is 5.81. The predicted molar refractivity (Wildman–Crippen MR) is 96.3 cm³/mol. The molecule has 0 atom stereocenters. The number of halogens is 2. The van der Waals surface area contributed by atoms with Crippen LogP contribution in [0.25, 0.3) is 11.0 Å². The highest BCUT2D eigenvalue weighted by Crippen LogP contribution is 2.34. The van der Waals surface area contributed by atoms with E-state index in [9.17, 15) is 8.78 Å². The number of nitrogens with two attached hydrogens (primary N) is 1. The van der Waals surface area contributed by atoms with Gasteiger partial charge >= 0.3 is 0 Å². The molecule has 1 aliphatic rings. The Bertz CT molecular complexity index is 910. The molecule has 0 aromatic carbocycles. The minimum atomic E-state index is -2.73. The minimum Gasteiger partial charge on any atom is -0.350 e. The van der Waals surface area contributed by atoms with Crippen LogP contribution < -0.4 is 10.7 Å². The summed E-state index contributed by atoms with van der Waals surface area (Å²) in [4.78, 5) is 10.8. The molecular formula is C16H24F2N9+. The standard InChI is InChI=1S/C16H23F2N9/c1-15(2,3)14-22-12(26-6-5-16(17,18)9-26)10-7-21-27(13(10)23-14)8-11(19)25(4)24-20/h7,19-20H,5-6,8-9H2,1-4H3/p+1. The van der Waals surface area contributed by atoms with Crippen LogP contribution in [0.4, 0.5) is 14.6 Å². The number of fused-ring (bicyclic) bond motifs is 1. The number of nitrogens with zero attached hydrogens (tertiary/aromatic N) is 7. The Morgan fingerprint density at radius 3 is 2.67 bits per heavy atom. The maximum Gasteiger partial charge on any atom is 0.270 e. The summed E-state index contributed by atoms with van der Waals surface area (Å²) >= 11 is 0. The van der Waals surface area contributed by atoms with E-state index in [0.717, 1.165) is 0 Å². The zero-order valence-electron chi connectivity index (χ0n) is 15.9. The number of rotatable bonds is 3. The lowest BCUT2D eigenvalue weighted by atomic mass is 9.95. The maximum atomic E-state index is 13.8. The average Bonchev–Trinajstić information content (AvgIpc) is 3.15. The second-order valence-corrected chi connectivity index (χ2v) is 7.77. The SMILES string of the molecule is C[N+](=NN)C(=N)Cn1ncc2c(N3CCC(F)(F)C3)nc(C(C)(C)C)nc21. The summed E-state index contributed by atoms with van der Waals surface area (Å²) in [5, 5.41) is 16.4. The van der Waals surface area contributed by atoms with Gasteiger partial charge in [-0.25, -0.2) is 29.3 Å². The van der Waals surface area contributed by atoms with E-state index in [1.807, 2.05) is 20.8 Å². The van der Waals surface area contributed by atoms with Crippen LogP contribution in [0.3, 0.4) is 0 Å². The van der Waals surface area contributed by atoms with Crippen LogP contribution in [0.15, 0.2) is 11.4 Å². The summed E-state index contributed by atoms with van der Waals surface area (Å²) in [5.74, 6) is 3.58. The highest BCUT2D eigenvalue weighted by molar-refractivity contribution is 5.88. The lowest BCUT2D eigenvalue weighted by Gasteiger charge is -2.22. The molecule has 3 rings (SSSR count). The van der Waals surface area contributed by atoms with Crippen molar-refractivity contribution in [1.82, 2.24) is 19.7 Å². The third kappa shape index (κ3) is 3.71. The van der Waals surface area contributed by atoms with Crippen LogP contribution >= 0.6 is 0 Å². The number of likely N-dealkylation sites (N-methyl/N-ethyl adjacent to an activating group) is 1. The van der Waals surface area contributed by atoms with Crippen LogP contribution in [-0.2, 0) is 12.0 Å². The molecule has 3 heterocycles. The van der Waals surface area contributed by atoms with Crippen molar-refractivity contribution in [3.8, 4) is 0 Å². The first-order chi connectivity index (χ1) is 12.5. The van der Waals surface area contributed by atoms with Gasteiger partial charge in [0.25, 0.3) is 11.8 Å². The van der Waals surface area contributed by atoms with E-state index in [-0.39, 0.29) is 37.3 Å². The summed E-state index contributed by atoms with van der Waals surface area (Å²) < 4.78 is 30.3. The Kier molecular flexibility index (Phi) is 4.56. The monoisotopic (exact) mass is 380 g/mol. The van der Waals surface area contributed by atoms with E-state index in [1.165, 1.54) is 9.38 Å². The van der Waals surface area contributed by atoms with Crippen LogP contribution in [0, 0.1) is 5.41 Å². The van der Waals surface area contributed by atoms with Gasteiger partial charge in [-0.3, -0.25) is 0 Å². The number of amidine groups is 1. The first-order valence-corrected chi connectivity index (χ1v) is 8.60. The fourth-order valence-electron chi connectivity index (χ4n) is 2.86. The van der Waals surface area contributed by atoms with Gasteiger partial charge < -0.3 is 4.90 Å². The van der Waals surface area contributed by atoms with Gasteiger partial charge in [-0.05, 0) is 0 Å². The largest absolute Gasteiger partial charge is 0.350 e. The number of aromatic nitrogens is 4. The molecule has 0 radical (unpaired) electrons. The van der Waals surface area contributed by atoms with Gasteiger partial charge in [-0.1, -0.05) is 20.8 Å². The molecule has 0 amide bonds. The molecule has 9 nitrogen and oxygen atoms in total. The summed E-state index contributed by atoms with van der Waals surface area (Å²) in [7, 11) is 1.56. The molecule has 0 spiro atoms. The molecular weight excluding hydrogens is 356 g/mol. The number of hydrogen-bond donors (Lipinski definition) is 2. The molecule has 1 aliphatic heterocycles. The first-order valence-electron chi connectivity index (χ1n) is 8.60. The number of nitrogens with one attached hydrogen (secondary N) is 1. The van der Waals surface area contributed by atoms with E-state index in [4.69, 9.17) is 11.3 Å². The normalized spacial score (nSPS) is 17.7. The van der Waals surface area contributed by atoms with Crippen molar-refractivity contribution in [3.05, 3.63) is 12.0 Å². The Morgan fingerprint density at radius 1 is 1.41 bits per heavy atom. The van der Waals surface area contributed by atoms with E-state index in [1.54, 1.807) is 18.1 Å². The van der Waals surface area contributed by atoms with Crippen molar-refractivity contribution < 1.29 is 13.5 Å². The highest BCUT2D eigenvalue weighted by Gasteiger charge is 2.40. The Hall–Kier alpha value is -2.72. The van der Waals surface area contributed by atoms with Gasteiger partial charge in [-0.15, -0.1) is 4.70 Å². The maximum absolute atomic E-state index is 13.8. The molecule has 0 bridgehead atoms. The van der Waals surface area contributed by atoms with E-state index < -0.39 is 5.92 Å². The van der Waals surface area contributed by atoms with Crippen LogP contribution in [0.5, 0.6) is 0 Å². The van der Waals surface area contributed by atoms with Gasteiger partial charge in [0.15, 0.2) is 5.65 Å². The lowest BCUT2D eigenvalue weighted by Crippen LogP contribution is -2.27. The summed E-state index contributed by atoms with van der Waals surface area (Å²) in [5.41, 5.74) is 0.118. The molecule has 0 unspecified atom stereocenters. The Labute approximate surface area is 155 Å². The third-order valence-corrected chi connectivity index (χ3v) is 4.48. The molecule has 2 aromatic heterocycles. The smallest absolute Gasteiger partial charge is 0.270 e.